The van der Waals surface area contributed by atoms with Crippen LogP contribution in [0, 0.1) is 0 Å². The molecule has 0 bridgehead atoms. The first-order chi connectivity index (χ1) is 8.47. The first kappa shape index (κ1) is 14.4. The summed E-state index contributed by atoms with van der Waals surface area (Å²) in [6.45, 7) is 4.87. The molecule has 0 radical (unpaired) electrons. The van der Waals surface area contributed by atoms with Crippen molar-refractivity contribution in [3.8, 4) is 0 Å². The minimum atomic E-state index is -0.179. The van der Waals surface area contributed by atoms with Crippen LogP contribution >= 0.6 is 0 Å². The number of hydrogen-bond donors (Lipinski definition) is 1. The number of anilines is 2. The fraction of sp³-hybridized carbons (Fsp3) is 0.500. The number of likely N-dealkylation sites (N-methyl/N-ethyl adjacent to an activating group) is 1. The molecule has 2 N–H and O–H groups in total. The standard InChI is InChI=1S/C14H23N3O/c1-5-9-17(11(2)14(18)16(3)4)13-8-6-7-12(15)10-13/h6-8,10-11H,5,9,15H2,1-4H3. The van der Waals surface area contributed by atoms with E-state index in [9.17, 15) is 4.79 Å². The summed E-state index contributed by atoms with van der Waals surface area (Å²) >= 11 is 0. The summed E-state index contributed by atoms with van der Waals surface area (Å²) in [5.74, 6) is 0.103. The van der Waals surface area contributed by atoms with Crippen LogP contribution < -0.4 is 10.6 Å². The average molecular weight is 249 g/mol. The van der Waals surface area contributed by atoms with E-state index < -0.39 is 0 Å². The van der Waals surface area contributed by atoms with Crippen molar-refractivity contribution in [2.75, 3.05) is 31.3 Å². The maximum atomic E-state index is 12.1. The highest BCUT2D eigenvalue weighted by Crippen LogP contribution is 2.20. The van der Waals surface area contributed by atoms with Crippen LogP contribution in [0.2, 0.25) is 0 Å². The molecule has 0 aliphatic carbocycles. The van der Waals surface area contributed by atoms with Crippen LogP contribution in [0.5, 0.6) is 0 Å². The normalized spacial score (nSPS) is 12.0. The van der Waals surface area contributed by atoms with Gasteiger partial charge in [-0.1, -0.05) is 13.0 Å². The molecule has 100 valence electrons. The molecule has 1 aromatic carbocycles. The topological polar surface area (TPSA) is 49.6 Å². The van der Waals surface area contributed by atoms with Gasteiger partial charge in [0.15, 0.2) is 0 Å². The molecule has 0 saturated carbocycles. The van der Waals surface area contributed by atoms with E-state index in [-0.39, 0.29) is 11.9 Å². The smallest absolute Gasteiger partial charge is 0.244 e. The summed E-state index contributed by atoms with van der Waals surface area (Å²) in [6, 6.07) is 7.49. The van der Waals surface area contributed by atoms with Gasteiger partial charge in [-0.05, 0) is 31.5 Å². The Kier molecular flexibility index (Phi) is 5.01. The van der Waals surface area contributed by atoms with Crippen LogP contribution in [-0.4, -0.2) is 37.5 Å². The third-order valence-corrected chi connectivity index (χ3v) is 2.93. The second-order valence-electron chi connectivity index (χ2n) is 4.70. The maximum Gasteiger partial charge on any atom is 0.244 e. The average Bonchev–Trinajstić information content (AvgIpc) is 2.34. The van der Waals surface area contributed by atoms with Crippen LogP contribution in [0.1, 0.15) is 20.3 Å². The lowest BCUT2D eigenvalue weighted by atomic mass is 10.2. The van der Waals surface area contributed by atoms with E-state index in [2.05, 4.69) is 11.8 Å². The molecule has 0 heterocycles. The molecule has 1 aromatic rings. The van der Waals surface area contributed by atoms with Crippen molar-refractivity contribution in [3.63, 3.8) is 0 Å². The number of hydrogen-bond acceptors (Lipinski definition) is 3. The highest BCUT2D eigenvalue weighted by Gasteiger charge is 2.22. The van der Waals surface area contributed by atoms with Gasteiger partial charge in [0.25, 0.3) is 0 Å². The molecule has 0 fully saturated rings. The molecule has 0 saturated heterocycles. The number of carbonyl (C=O) groups excluding carboxylic acids is 1. The Morgan fingerprint density at radius 3 is 2.56 bits per heavy atom. The van der Waals surface area contributed by atoms with Gasteiger partial charge in [-0.15, -0.1) is 0 Å². The lowest BCUT2D eigenvalue weighted by Gasteiger charge is -2.32. The van der Waals surface area contributed by atoms with Crippen molar-refractivity contribution in [3.05, 3.63) is 24.3 Å². The van der Waals surface area contributed by atoms with Crippen LogP contribution in [0.15, 0.2) is 24.3 Å². The van der Waals surface area contributed by atoms with Crippen LogP contribution in [0.4, 0.5) is 11.4 Å². The van der Waals surface area contributed by atoms with Crippen molar-refractivity contribution >= 4 is 17.3 Å². The summed E-state index contributed by atoms with van der Waals surface area (Å²) in [5, 5.41) is 0. The fourth-order valence-electron chi connectivity index (χ4n) is 2.00. The fourth-order valence-corrected chi connectivity index (χ4v) is 2.00. The van der Waals surface area contributed by atoms with Gasteiger partial charge >= 0.3 is 0 Å². The zero-order valence-corrected chi connectivity index (χ0v) is 11.7. The highest BCUT2D eigenvalue weighted by atomic mass is 16.2. The van der Waals surface area contributed by atoms with Crippen molar-refractivity contribution < 1.29 is 4.79 Å². The van der Waals surface area contributed by atoms with Crippen LogP contribution in [0.25, 0.3) is 0 Å². The van der Waals surface area contributed by atoms with E-state index in [4.69, 9.17) is 5.73 Å². The minimum Gasteiger partial charge on any atom is -0.399 e. The summed E-state index contributed by atoms with van der Waals surface area (Å²) in [5.41, 5.74) is 7.53. The molecule has 0 aromatic heterocycles. The summed E-state index contributed by atoms with van der Waals surface area (Å²) in [4.78, 5) is 15.8. The van der Waals surface area contributed by atoms with E-state index in [1.54, 1.807) is 19.0 Å². The molecule has 1 unspecified atom stereocenters. The van der Waals surface area contributed by atoms with Gasteiger partial charge in [0.2, 0.25) is 5.91 Å². The number of nitrogen functional groups attached to an aromatic ring is 1. The Morgan fingerprint density at radius 2 is 2.06 bits per heavy atom. The quantitative estimate of drug-likeness (QED) is 0.812. The summed E-state index contributed by atoms with van der Waals surface area (Å²) in [6.07, 6.45) is 0.986. The van der Waals surface area contributed by atoms with E-state index in [1.165, 1.54) is 0 Å². The number of carbonyl (C=O) groups is 1. The number of benzene rings is 1. The first-order valence-electron chi connectivity index (χ1n) is 6.30. The zero-order valence-electron chi connectivity index (χ0n) is 11.7. The molecular formula is C14H23N3O. The lowest BCUT2D eigenvalue weighted by Crippen LogP contribution is -2.45. The Labute approximate surface area is 109 Å². The highest BCUT2D eigenvalue weighted by molar-refractivity contribution is 5.84. The van der Waals surface area contributed by atoms with E-state index in [0.717, 1.165) is 24.3 Å². The second kappa shape index (κ2) is 6.28. The van der Waals surface area contributed by atoms with Crippen molar-refractivity contribution in [2.45, 2.75) is 26.3 Å². The molecule has 0 aliphatic rings. The van der Waals surface area contributed by atoms with E-state index in [0.29, 0.717) is 0 Å². The molecule has 4 heteroatoms. The number of nitrogens with two attached hydrogens (primary N) is 1. The van der Waals surface area contributed by atoms with E-state index in [1.807, 2.05) is 31.2 Å². The Hall–Kier alpha value is -1.71. The molecule has 0 aliphatic heterocycles. The Balaban J connectivity index is 2.98. The third-order valence-electron chi connectivity index (χ3n) is 2.93. The number of nitrogens with zero attached hydrogens (tertiary/aromatic N) is 2. The molecule has 18 heavy (non-hydrogen) atoms. The van der Waals surface area contributed by atoms with Crippen LogP contribution in [0.3, 0.4) is 0 Å². The summed E-state index contributed by atoms with van der Waals surface area (Å²) < 4.78 is 0. The molecule has 4 nitrogen and oxygen atoms in total. The minimum absolute atomic E-state index is 0.103. The molecule has 1 amide bonds. The predicted octanol–water partition coefficient (Wildman–Crippen LogP) is 1.96. The first-order valence-corrected chi connectivity index (χ1v) is 6.30. The SMILES string of the molecule is CCCN(c1cccc(N)c1)C(C)C(=O)N(C)C. The van der Waals surface area contributed by atoms with Gasteiger partial charge < -0.3 is 15.5 Å². The molecule has 0 spiro atoms. The number of rotatable bonds is 5. The molecule has 1 rings (SSSR count). The van der Waals surface area contributed by atoms with Gasteiger partial charge in [0.1, 0.15) is 6.04 Å². The second-order valence-corrected chi connectivity index (χ2v) is 4.70. The lowest BCUT2D eigenvalue weighted by molar-refractivity contribution is -0.129. The Bertz CT molecular complexity index is 404. The van der Waals surface area contributed by atoms with Crippen molar-refractivity contribution in [2.24, 2.45) is 0 Å². The monoisotopic (exact) mass is 249 g/mol. The predicted molar refractivity (Wildman–Crippen MR) is 76.6 cm³/mol. The zero-order chi connectivity index (χ0) is 13.7. The summed E-state index contributed by atoms with van der Waals surface area (Å²) in [7, 11) is 3.56. The molecule has 1 atom stereocenters. The molecular weight excluding hydrogens is 226 g/mol. The van der Waals surface area contributed by atoms with Crippen LogP contribution in [-0.2, 0) is 4.79 Å². The van der Waals surface area contributed by atoms with Crippen molar-refractivity contribution in [1.82, 2.24) is 4.90 Å². The van der Waals surface area contributed by atoms with Gasteiger partial charge in [-0.2, -0.15) is 0 Å². The van der Waals surface area contributed by atoms with E-state index >= 15 is 0 Å². The van der Waals surface area contributed by atoms with Gasteiger partial charge in [0.05, 0.1) is 0 Å². The number of amides is 1. The maximum absolute atomic E-state index is 12.1. The third kappa shape index (κ3) is 3.39. The van der Waals surface area contributed by atoms with Gasteiger partial charge in [-0.25, -0.2) is 0 Å². The Morgan fingerprint density at radius 1 is 1.39 bits per heavy atom. The largest absolute Gasteiger partial charge is 0.399 e. The van der Waals surface area contributed by atoms with Gasteiger partial charge in [-0.3, -0.25) is 4.79 Å². The van der Waals surface area contributed by atoms with Gasteiger partial charge in [0, 0.05) is 32.0 Å². The van der Waals surface area contributed by atoms with Crippen molar-refractivity contribution in [1.29, 1.82) is 0 Å².